The summed E-state index contributed by atoms with van der Waals surface area (Å²) in [5.74, 6) is 1.49. The van der Waals surface area contributed by atoms with Gasteiger partial charge in [-0.05, 0) is 50.6 Å². The Labute approximate surface area is 148 Å². The number of nitrogens with zero attached hydrogens (tertiary/aromatic N) is 5. The number of aromatic nitrogens is 4. The van der Waals surface area contributed by atoms with Gasteiger partial charge in [-0.25, -0.2) is 4.98 Å². The molecule has 1 N–H and O–H groups in total. The van der Waals surface area contributed by atoms with Crippen molar-refractivity contribution < 1.29 is 0 Å². The van der Waals surface area contributed by atoms with Gasteiger partial charge in [0.15, 0.2) is 0 Å². The molecule has 2 atom stereocenters. The minimum Gasteiger partial charge on any atom is -0.345 e. The molecule has 0 spiro atoms. The summed E-state index contributed by atoms with van der Waals surface area (Å²) in [5.41, 5.74) is 3.41. The summed E-state index contributed by atoms with van der Waals surface area (Å²) in [6, 6.07) is 10.7. The van der Waals surface area contributed by atoms with Gasteiger partial charge < -0.3 is 9.88 Å². The maximum atomic E-state index is 4.74. The van der Waals surface area contributed by atoms with Crippen molar-refractivity contribution >= 4 is 17.0 Å². The van der Waals surface area contributed by atoms with E-state index in [9.17, 15) is 0 Å². The first-order valence-electron chi connectivity index (χ1n) is 8.97. The molecule has 1 aliphatic heterocycles. The number of H-pyrrole nitrogens is 1. The van der Waals surface area contributed by atoms with Crippen molar-refractivity contribution in [3.63, 3.8) is 0 Å². The lowest BCUT2D eigenvalue weighted by atomic mass is 9.87. The molecule has 3 heterocycles. The van der Waals surface area contributed by atoms with Crippen LogP contribution in [-0.4, -0.2) is 51.8 Å². The predicted octanol–water partition coefficient (Wildman–Crippen LogP) is 2.82. The van der Waals surface area contributed by atoms with Crippen LogP contribution < -0.4 is 4.90 Å². The second kappa shape index (κ2) is 6.52. The van der Waals surface area contributed by atoms with Crippen molar-refractivity contribution in [2.75, 3.05) is 32.1 Å². The van der Waals surface area contributed by atoms with Crippen molar-refractivity contribution in [2.45, 2.75) is 18.9 Å². The van der Waals surface area contributed by atoms with Crippen LogP contribution in [0.25, 0.3) is 11.0 Å². The Morgan fingerprint density at radius 2 is 2.08 bits per heavy atom. The molecule has 1 saturated heterocycles. The normalized spacial score (nSPS) is 21.7. The molecule has 0 saturated carbocycles. The number of nitrogens with one attached hydrogen (secondary N) is 1. The van der Waals surface area contributed by atoms with E-state index in [-0.39, 0.29) is 0 Å². The first kappa shape index (κ1) is 16.1. The Bertz CT molecular complexity index is 817. The molecular formula is C19H26N6. The lowest BCUT2D eigenvalue weighted by Crippen LogP contribution is -2.42. The van der Waals surface area contributed by atoms with E-state index < -0.39 is 0 Å². The number of piperidine rings is 1. The number of hydrogen-bond acceptors (Lipinski definition) is 4. The van der Waals surface area contributed by atoms with Crippen LogP contribution in [0.4, 0.5) is 5.95 Å². The highest BCUT2D eigenvalue weighted by Gasteiger charge is 2.33. The van der Waals surface area contributed by atoms with Gasteiger partial charge in [-0.1, -0.05) is 12.1 Å². The summed E-state index contributed by atoms with van der Waals surface area (Å²) >= 11 is 0. The number of rotatable bonds is 4. The van der Waals surface area contributed by atoms with Gasteiger partial charge in [0, 0.05) is 26.8 Å². The zero-order chi connectivity index (χ0) is 17.4. The largest absolute Gasteiger partial charge is 0.345 e. The molecule has 132 valence electrons. The summed E-state index contributed by atoms with van der Waals surface area (Å²) < 4.78 is 2.01. The summed E-state index contributed by atoms with van der Waals surface area (Å²) in [4.78, 5) is 12.9. The number of anilines is 1. The number of aryl methyl sites for hydroxylation is 1. The third-order valence-corrected chi connectivity index (χ3v) is 5.42. The zero-order valence-corrected chi connectivity index (χ0v) is 15.2. The molecule has 1 aliphatic rings. The maximum absolute atomic E-state index is 4.74. The molecule has 3 aromatic rings. The van der Waals surface area contributed by atoms with Gasteiger partial charge in [-0.2, -0.15) is 5.10 Å². The Balaban J connectivity index is 1.57. The van der Waals surface area contributed by atoms with Gasteiger partial charge in [-0.3, -0.25) is 9.58 Å². The highest BCUT2D eigenvalue weighted by Crippen LogP contribution is 2.35. The van der Waals surface area contributed by atoms with Gasteiger partial charge in [0.25, 0.3) is 0 Å². The van der Waals surface area contributed by atoms with Gasteiger partial charge in [0.05, 0.1) is 22.8 Å². The predicted molar refractivity (Wildman–Crippen MR) is 101 cm³/mol. The van der Waals surface area contributed by atoms with Crippen molar-refractivity contribution in [3.05, 3.63) is 42.2 Å². The zero-order valence-electron chi connectivity index (χ0n) is 15.2. The summed E-state index contributed by atoms with van der Waals surface area (Å²) in [7, 11) is 6.40. The standard InChI is InChI=1S/C19H26N6/c1-23-12-6-7-14(18(23)17-10-11-20-25(17)3)13-24(2)19-21-15-8-4-5-9-16(15)22-19/h4-5,8-11,14,18H,6-7,12-13H2,1-3H3,(H,21,22)/t14-,18+/m0/s1. The molecule has 0 amide bonds. The minimum absolute atomic E-state index is 0.396. The van der Waals surface area contributed by atoms with Crippen LogP contribution in [0.3, 0.4) is 0 Å². The molecule has 0 aliphatic carbocycles. The molecule has 1 aromatic carbocycles. The van der Waals surface area contributed by atoms with Crippen molar-refractivity contribution in [1.82, 2.24) is 24.6 Å². The van der Waals surface area contributed by atoms with Crippen LogP contribution in [-0.2, 0) is 7.05 Å². The van der Waals surface area contributed by atoms with Crippen molar-refractivity contribution in [1.29, 1.82) is 0 Å². The van der Waals surface area contributed by atoms with Gasteiger partial charge in [0.2, 0.25) is 5.95 Å². The summed E-state index contributed by atoms with van der Waals surface area (Å²) in [6.45, 7) is 2.11. The van der Waals surface area contributed by atoms with Crippen LogP contribution in [0.5, 0.6) is 0 Å². The first-order valence-corrected chi connectivity index (χ1v) is 8.97. The molecule has 0 radical (unpaired) electrons. The van der Waals surface area contributed by atoms with Crippen LogP contribution in [0.2, 0.25) is 0 Å². The number of fused-ring (bicyclic) bond motifs is 1. The number of imidazole rings is 1. The molecule has 2 aromatic heterocycles. The van der Waals surface area contributed by atoms with E-state index >= 15 is 0 Å². The smallest absolute Gasteiger partial charge is 0.203 e. The number of aromatic amines is 1. The van der Waals surface area contributed by atoms with Gasteiger partial charge in [-0.15, -0.1) is 0 Å². The fraction of sp³-hybridized carbons (Fsp3) is 0.474. The Hall–Kier alpha value is -2.34. The lowest BCUT2D eigenvalue weighted by molar-refractivity contribution is 0.117. The van der Waals surface area contributed by atoms with Crippen LogP contribution >= 0.6 is 0 Å². The highest BCUT2D eigenvalue weighted by molar-refractivity contribution is 5.77. The fourth-order valence-electron chi connectivity index (χ4n) is 4.15. The first-order chi connectivity index (χ1) is 12.1. The molecule has 25 heavy (non-hydrogen) atoms. The lowest BCUT2D eigenvalue weighted by Gasteiger charge is -2.40. The topological polar surface area (TPSA) is 53.0 Å². The van der Waals surface area contributed by atoms with Gasteiger partial charge >= 0.3 is 0 Å². The van der Waals surface area contributed by atoms with Crippen LogP contribution in [0.15, 0.2) is 36.5 Å². The van der Waals surface area contributed by atoms with Crippen molar-refractivity contribution in [2.24, 2.45) is 13.0 Å². The van der Waals surface area contributed by atoms with Crippen LogP contribution in [0.1, 0.15) is 24.6 Å². The average Bonchev–Trinajstić information content (AvgIpc) is 3.21. The highest BCUT2D eigenvalue weighted by atomic mass is 15.3. The SMILES string of the molecule is CN(C[C@@H]1CCCN(C)[C@H]1c1ccnn1C)c1nc2ccccc2[nH]1. The monoisotopic (exact) mass is 338 g/mol. The number of hydrogen-bond donors (Lipinski definition) is 1. The Morgan fingerprint density at radius 1 is 1.24 bits per heavy atom. The number of benzene rings is 1. The second-order valence-electron chi connectivity index (χ2n) is 7.17. The Morgan fingerprint density at radius 3 is 2.84 bits per heavy atom. The van der Waals surface area contributed by atoms with Crippen molar-refractivity contribution in [3.8, 4) is 0 Å². The molecule has 0 bridgehead atoms. The third kappa shape index (κ3) is 3.02. The van der Waals surface area contributed by atoms with E-state index in [0.717, 1.165) is 30.1 Å². The molecule has 6 nitrogen and oxygen atoms in total. The molecular weight excluding hydrogens is 312 g/mol. The average molecular weight is 338 g/mol. The maximum Gasteiger partial charge on any atom is 0.203 e. The van der Waals surface area contributed by atoms with E-state index in [1.807, 2.05) is 30.1 Å². The number of likely N-dealkylation sites (tertiary alicyclic amines) is 1. The molecule has 4 rings (SSSR count). The van der Waals surface area contributed by atoms with Crippen LogP contribution in [0, 0.1) is 5.92 Å². The molecule has 1 fully saturated rings. The summed E-state index contributed by atoms with van der Waals surface area (Å²) in [6.07, 6.45) is 4.37. The van der Waals surface area contributed by atoms with E-state index in [1.54, 1.807) is 0 Å². The minimum atomic E-state index is 0.396. The van der Waals surface area contributed by atoms with E-state index in [1.165, 1.54) is 18.5 Å². The van der Waals surface area contributed by atoms with E-state index in [0.29, 0.717) is 12.0 Å². The summed E-state index contributed by atoms with van der Waals surface area (Å²) in [5, 5.41) is 4.38. The fourth-order valence-corrected chi connectivity index (χ4v) is 4.15. The van der Waals surface area contributed by atoms with Gasteiger partial charge in [0.1, 0.15) is 0 Å². The second-order valence-corrected chi connectivity index (χ2v) is 7.17. The molecule has 0 unspecified atom stereocenters. The van der Waals surface area contributed by atoms with E-state index in [2.05, 4.69) is 52.2 Å². The molecule has 6 heteroatoms. The van der Waals surface area contributed by atoms with E-state index in [4.69, 9.17) is 4.98 Å². The number of para-hydroxylation sites is 2. The third-order valence-electron chi connectivity index (χ3n) is 5.42. The quantitative estimate of drug-likeness (QED) is 0.795. The Kier molecular flexibility index (Phi) is 4.21.